The number of hydrogen-bond donors (Lipinski definition) is 3. The highest BCUT2D eigenvalue weighted by molar-refractivity contribution is 7.92. The molecule has 1 saturated carbocycles. The van der Waals surface area contributed by atoms with Gasteiger partial charge in [-0.25, -0.2) is 17.8 Å². The number of anilines is 2. The fourth-order valence-corrected chi connectivity index (χ4v) is 3.39. The highest BCUT2D eigenvalue weighted by atomic mass is 32.2. The average molecular weight is 388 g/mol. The van der Waals surface area contributed by atoms with Gasteiger partial charge >= 0.3 is 0 Å². The topological polar surface area (TPSA) is 104 Å². The number of halogens is 1. The quantitative estimate of drug-likeness (QED) is 0.603. The van der Waals surface area contributed by atoms with Crippen molar-refractivity contribution in [2.24, 2.45) is 5.92 Å². The van der Waals surface area contributed by atoms with Crippen LogP contribution < -0.4 is 10.0 Å². The number of amides is 1. The standard InChI is InChI=1S/C18H17FN4O3S/c19-10-27(25,26)23-13-5-3-11(4-6-13)15-9-16(22-18(24)12-1-2-12)21-17-14(15)7-8-20-17/h3-9,12,23H,1-2,10H2,(H2,20,21,22,24). The van der Waals surface area contributed by atoms with E-state index in [0.29, 0.717) is 11.5 Å². The molecule has 0 radical (unpaired) electrons. The van der Waals surface area contributed by atoms with Crippen molar-refractivity contribution < 1.29 is 17.6 Å². The van der Waals surface area contributed by atoms with Crippen molar-refractivity contribution in [3.63, 3.8) is 0 Å². The lowest BCUT2D eigenvalue weighted by Crippen LogP contribution is -2.14. The maximum Gasteiger partial charge on any atom is 0.262 e. The third-order valence-electron chi connectivity index (χ3n) is 4.34. The molecule has 0 unspecified atom stereocenters. The smallest absolute Gasteiger partial charge is 0.262 e. The lowest BCUT2D eigenvalue weighted by Gasteiger charge is -2.10. The highest BCUT2D eigenvalue weighted by Gasteiger charge is 2.30. The van der Waals surface area contributed by atoms with Crippen LogP contribution in [0.4, 0.5) is 15.9 Å². The number of fused-ring (bicyclic) bond motifs is 1. The molecular formula is C18H17FN4O3S. The summed E-state index contributed by atoms with van der Waals surface area (Å²) >= 11 is 0. The van der Waals surface area contributed by atoms with Gasteiger partial charge in [0.1, 0.15) is 11.5 Å². The number of aromatic amines is 1. The minimum Gasteiger partial charge on any atom is -0.346 e. The van der Waals surface area contributed by atoms with Gasteiger partial charge in [0, 0.05) is 23.2 Å². The number of carbonyl (C=O) groups is 1. The number of hydrogen-bond acceptors (Lipinski definition) is 4. The van der Waals surface area contributed by atoms with E-state index in [4.69, 9.17) is 0 Å². The van der Waals surface area contributed by atoms with Crippen LogP contribution in [0.2, 0.25) is 0 Å². The molecule has 1 aliphatic carbocycles. The van der Waals surface area contributed by atoms with Crippen molar-refractivity contribution in [2.45, 2.75) is 12.8 Å². The largest absolute Gasteiger partial charge is 0.346 e. The Morgan fingerprint density at radius 2 is 1.96 bits per heavy atom. The van der Waals surface area contributed by atoms with Gasteiger partial charge in [0.05, 0.1) is 0 Å². The lowest BCUT2D eigenvalue weighted by atomic mass is 10.0. The number of benzene rings is 1. The van der Waals surface area contributed by atoms with Crippen LogP contribution in [0.25, 0.3) is 22.2 Å². The van der Waals surface area contributed by atoms with Gasteiger partial charge in [0.15, 0.2) is 0 Å². The van der Waals surface area contributed by atoms with E-state index in [0.717, 1.165) is 29.4 Å². The van der Waals surface area contributed by atoms with E-state index in [1.165, 1.54) is 0 Å². The van der Waals surface area contributed by atoms with Gasteiger partial charge in [-0.15, -0.1) is 0 Å². The number of nitrogens with one attached hydrogen (secondary N) is 3. The Balaban J connectivity index is 1.67. The number of carbonyl (C=O) groups excluding carboxylic acids is 1. The highest BCUT2D eigenvalue weighted by Crippen LogP contribution is 2.33. The molecule has 0 atom stereocenters. The summed E-state index contributed by atoms with van der Waals surface area (Å²) in [4.78, 5) is 19.5. The van der Waals surface area contributed by atoms with Crippen molar-refractivity contribution in [2.75, 3.05) is 16.0 Å². The van der Waals surface area contributed by atoms with Gasteiger partial charge in [-0.05, 0) is 48.2 Å². The van der Waals surface area contributed by atoms with Crippen LogP contribution in [-0.4, -0.2) is 30.3 Å². The van der Waals surface area contributed by atoms with Gasteiger partial charge in [-0.3, -0.25) is 9.52 Å². The van der Waals surface area contributed by atoms with Crippen molar-refractivity contribution in [1.29, 1.82) is 0 Å². The molecule has 7 nitrogen and oxygen atoms in total. The van der Waals surface area contributed by atoms with Gasteiger partial charge in [0.25, 0.3) is 10.0 Å². The normalized spacial score (nSPS) is 14.3. The number of aromatic nitrogens is 2. The molecule has 1 aliphatic rings. The summed E-state index contributed by atoms with van der Waals surface area (Å²) in [5.74, 6) is 0.492. The minimum atomic E-state index is -3.98. The van der Waals surface area contributed by atoms with Gasteiger partial charge in [-0.2, -0.15) is 0 Å². The monoisotopic (exact) mass is 388 g/mol. The van der Waals surface area contributed by atoms with E-state index in [1.54, 1.807) is 36.5 Å². The second-order valence-corrected chi connectivity index (χ2v) is 8.11. The van der Waals surface area contributed by atoms with E-state index in [2.05, 4.69) is 20.0 Å². The van der Waals surface area contributed by atoms with Crippen molar-refractivity contribution in [1.82, 2.24) is 9.97 Å². The Bertz CT molecular complexity index is 1110. The maximum atomic E-state index is 12.5. The molecule has 0 bridgehead atoms. The molecule has 3 N–H and O–H groups in total. The molecule has 0 saturated heterocycles. The van der Waals surface area contributed by atoms with E-state index in [1.807, 2.05) is 6.07 Å². The van der Waals surface area contributed by atoms with Crippen molar-refractivity contribution >= 4 is 38.5 Å². The Morgan fingerprint density at radius 1 is 1.22 bits per heavy atom. The molecule has 1 aromatic carbocycles. The summed E-state index contributed by atoms with van der Waals surface area (Å²) < 4.78 is 37.3. The molecule has 1 fully saturated rings. The predicted octanol–water partition coefficient (Wildman–Crippen LogP) is 3.25. The van der Waals surface area contributed by atoms with Crippen LogP contribution >= 0.6 is 0 Å². The van der Waals surface area contributed by atoms with Gasteiger partial charge < -0.3 is 10.3 Å². The first-order chi connectivity index (χ1) is 12.9. The Kier molecular flexibility index (Phi) is 4.31. The number of rotatable bonds is 6. The number of H-pyrrole nitrogens is 1. The first kappa shape index (κ1) is 17.5. The first-order valence-corrected chi connectivity index (χ1v) is 10.1. The summed E-state index contributed by atoms with van der Waals surface area (Å²) in [5, 5.41) is 3.71. The fourth-order valence-electron chi connectivity index (χ4n) is 2.84. The summed E-state index contributed by atoms with van der Waals surface area (Å²) in [7, 11) is -3.98. The van der Waals surface area contributed by atoms with E-state index in [-0.39, 0.29) is 17.5 Å². The fraction of sp³-hybridized carbons (Fsp3) is 0.222. The molecule has 2 heterocycles. The average Bonchev–Trinajstić information content (AvgIpc) is 3.40. The van der Waals surface area contributed by atoms with Crippen molar-refractivity contribution in [3.8, 4) is 11.1 Å². The van der Waals surface area contributed by atoms with Crippen LogP contribution in [0.15, 0.2) is 42.6 Å². The number of alkyl halides is 1. The third-order valence-corrected chi connectivity index (χ3v) is 5.17. The molecule has 9 heteroatoms. The minimum absolute atomic E-state index is 0.0321. The Morgan fingerprint density at radius 3 is 2.63 bits per heavy atom. The second kappa shape index (κ2) is 6.66. The zero-order valence-electron chi connectivity index (χ0n) is 14.2. The number of sulfonamides is 1. The van der Waals surface area contributed by atoms with E-state index >= 15 is 0 Å². The molecular weight excluding hydrogens is 371 g/mol. The molecule has 0 aliphatic heterocycles. The second-order valence-electron chi connectivity index (χ2n) is 6.46. The zero-order chi connectivity index (χ0) is 19.0. The Hall–Kier alpha value is -2.94. The van der Waals surface area contributed by atoms with Gasteiger partial charge in [0.2, 0.25) is 11.9 Å². The van der Waals surface area contributed by atoms with Crippen LogP contribution in [-0.2, 0) is 14.8 Å². The van der Waals surface area contributed by atoms with Gasteiger partial charge in [-0.1, -0.05) is 12.1 Å². The Labute approximate surface area is 155 Å². The zero-order valence-corrected chi connectivity index (χ0v) is 15.0. The summed E-state index contributed by atoms with van der Waals surface area (Å²) in [5.41, 5.74) is 2.57. The van der Waals surface area contributed by atoms with Crippen LogP contribution in [0.1, 0.15) is 12.8 Å². The SMILES string of the molecule is O=C(Nc1cc(-c2ccc(NS(=O)(=O)CF)cc2)c2cc[nH]c2n1)C1CC1. The summed E-state index contributed by atoms with van der Waals surface area (Å²) in [6, 6.07) is 8.76. The molecule has 2 aromatic heterocycles. The van der Waals surface area contributed by atoms with Crippen LogP contribution in [0.5, 0.6) is 0 Å². The molecule has 4 rings (SSSR count). The first-order valence-electron chi connectivity index (χ1n) is 8.41. The van der Waals surface area contributed by atoms with Crippen LogP contribution in [0, 0.1) is 5.92 Å². The maximum absolute atomic E-state index is 12.5. The number of nitrogens with zero attached hydrogens (tertiary/aromatic N) is 1. The van der Waals surface area contributed by atoms with Crippen molar-refractivity contribution in [3.05, 3.63) is 42.6 Å². The summed E-state index contributed by atoms with van der Waals surface area (Å²) in [6.45, 7) is 0. The molecule has 140 valence electrons. The molecule has 0 spiro atoms. The van der Waals surface area contributed by atoms with Crippen LogP contribution in [0.3, 0.4) is 0 Å². The predicted molar refractivity (Wildman–Crippen MR) is 101 cm³/mol. The lowest BCUT2D eigenvalue weighted by molar-refractivity contribution is -0.117. The number of pyridine rings is 1. The molecule has 3 aromatic rings. The summed E-state index contributed by atoms with van der Waals surface area (Å²) in [6.07, 6.45) is 3.57. The molecule has 1 amide bonds. The van der Waals surface area contributed by atoms with E-state index < -0.39 is 16.0 Å². The third kappa shape index (κ3) is 3.77. The van der Waals surface area contributed by atoms with E-state index in [9.17, 15) is 17.6 Å². The molecule has 27 heavy (non-hydrogen) atoms.